The molecule has 0 bridgehead atoms. The number of piperidine rings is 1. The minimum Gasteiger partial charge on any atom is -0.372 e. The van der Waals surface area contributed by atoms with Gasteiger partial charge >= 0.3 is 0 Å². The molecule has 0 saturated carbocycles. The van der Waals surface area contributed by atoms with E-state index in [4.69, 9.17) is 9.47 Å². The number of anilines is 2. The first-order chi connectivity index (χ1) is 12.8. The molecule has 0 radical (unpaired) electrons. The molecule has 1 aromatic carbocycles. The monoisotopic (exact) mass is 359 g/mol. The highest BCUT2D eigenvalue weighted by molar-refractivity contribution is 5.92. The summed E-state index contributed by atoms with van der Waals surface area (Å²) in [5.74, 6) is 0.0313. The second kappa shape index (κ2) is 8.37. The zero-order chi connectivity index (χ0) is 17.8. The molecule has 3 heterocycles. The Bertz CT molecular complexity index is 595. The quantitative estimate of drug-likeness (QED) is 0.875. The van der Waals surface area contributed by atoms with Crippen molar-refractivity contribution in [3.63, 3.8) is 0 Å². The Morgan fingerprint density at radius 1 is 1.00 bits per heavy atom. The summed E-state index contributed by atoms with van der Waals surface area (Å²) in [5.41, 5.74) is 2.10. The molecule has 0 aliphatic carbocycles. The smallest absolute Gasteiger partial charge is 0.238 e. The lowest BCUT2D eigenvalue weighted by molar-refractivity contribution is -0.127. The van der Waals surface area contributed by atoms with Gasteiger partial charge in [0.15, 0.2) is 6.29 Å². The highest BCUT2D eigenvalue weighted by Crippen LogP contribution is 2.25. The van der Waals surface area contributed by atoms with Crippen LogP contribution < -0.4 is 10.2 Å². The van der Waals surface area contributed by atoms with Crippen molar-refractivity contribution < 1.29 is 14.3 Å². The first-order valence-electron chi connectivity index (χ1n) is 9.92. The fourth-order valence-electron chi connectivity index (χ4n) is 4.24. The van der Waals surface area contributed by atoms with E-state index in [2.05, 4.69) is 27.2 Å². The van der Waals surface area contributed by atoms with Gasteiger partial charge in [-0.2, -0.15) is 0 Å². The largest absolute Gasteiger partial charge is 0.372 e. The maximum Gasteiger partial charge on any atom is 0.238 e. The minimum absolute atomic E-state index is 0.0313. The van der Waals surface area contributed by atoms with Gasteiger partial charge in [-0.25, -0.2) is 0 Å². The Morgan fingerprint density at radius 2 is 1.69 bits per heavy atom. The number of amides is 1. The van der Waals surface area contributed by atoms with Crippen LogP contribution in [0.2, 0.25) is 0 Å². The lowest BCUT2D eigenvalue weighted by atomic mass is 10.0. The Labute approximate surface area is 155 Å². The molecule has 3 saturated heterocycles. The van der Waals surface area contributed by atoms with Crippen molar-refractivity contribution in [1.82, 2.24) is 4.90 Å². The molecule has 1 aromatic rings. The van der Waals surface area contributed by atoms with Gasteiger partial charge in [-0.1, -0.05) is 6.42 Å². The third-order valence-corrected chi connectivity index (χ3v) is 5.59. The highest BCUT2D eigenvalue weighted by atomic mass is 16.7. The molecule has 3 aliphatic heterocycles. The fourth-order valence-corrected chi connectivity index (χ4v) is 4.24. The second-order valence-corrected chi connectivity index (χ2v) is 7.43. The molecular formula is C20H29N3O3. The number of hydrogen-bond donors (Lipinski definition) is 1. The highest BCUT2D eigenvalue weighted by Gasteiger charge is 2.34. The molecule has 6 heteroatoms. The number of likely N-dealkylation sites (tertiary alicyclic amines) is 1. The van der Waals surface area contributed by atoms with E-state index in [9.17, 15) is 4.79 Å². The van der Waals surface area contributed by atoms with E-state index in [1.54, 1.807) is 0 Å². The maximum atomic E-state index is 12.5. The molecule has 0 spiro atoms. The lowest BCUT2D eigenvalue weighted by Gasteiger charge is -2.37. The Hall–Kier alpha value is -1.63. The van der Waals surface area contributed by atoms with E-state index in [0.717, 1.165) is 38.2 Å². The first kappa shape index (κ1) is 17.8. The van der Waals surface area contributed by atoms with E-state index in [1.807, 2.05) is 12.1 Å². The molecule has 1 amide bonds. The van der Waals surface area contributed by atoms with Crippen molar-refractivity contribution in [2.75, 3.05) is 49.6 Å². The van der Waals surface area contributed by atoms with Gasteiger partial charge in [-0.15, -0.1) is 0 Å². The van der Waals surface area contributed by atoms with Crippen molar-refractivity contribution in [3.8, 4) is 0 Å². The van der Waals surface area contributed by atoms with E-state index >= 15 is 0 Å². The summed E-state index contributed by atoms with van der Waals surface area (Å²) < 4.78 is 11.4. The molecule has 1 atom stereocenters. The topological polar surface area (TPSA) is 54.0 Å². The van der Waals surface area contributed by atoms with E-state index in [0.29, 0.717) is 19.8 Å². The van der Waals surface area contributed by atoms with Gasteiger partial charge in [0.05, 0.1) is 25.8 Å². The second-order valence-electron chi connectivity index (χ2n) is 7.43. The molecule has 6 nitrogen and oxygen atoms in total. The lowest BCUT2D eigenvalue weighted by Crippen LogP contribution is -2.50. The summed E-state index contributed by atoms with van der Waals surface area (Å²) in [6, 6.07) is 8.40. The molecule has 0 aromatic heterocycles. The van der Waals surface area contributed by atoms with Gasteiger partial charge in [0.1, 0.15) is 0 Å². The van der Waals surface area contributed by atoms with Crippen LogP contribution in [0.5, 0.6) is 0 Å². The molecular weight excluding hydrogens is 330 g/mol. The first-order valence-corrected chi connectivity index (χ1v) is 9.92. The standard InChI is InChI=1S/C20H29N3O3/c24-19(15-23-12-2-1-5-18(23)20-25-13-14-26-20)21-16-6-8-17(9-7-16)22-10-3-4-11-22/h6-9,18,20H,1-5,10-15H2,(H,21,24). The summed E-state index contributed by atoms with van der Waals surface area (Å²) in [6.45, 7) is 4.90. The number of benzene rings is 1. The van der Waals surface area contributed by atoms with Crippen LogP contribution in [-0.4, -0.2) is 62.5 Å². The molecule has 1 N–H and O–H groups in total. The Kier molecular flexibility index (Phi) is 5.72. The molecule has 142 valence electrons. The number of nitrogens with one attached hydrogen (secondary N) is 1. The summed E-state index contributed by atoms with van der Waals surface area (Å²) in [5, 5.41) is 3.04. The Balaban J connectivity index is 1.32. The summed E-state index contributed by atoms with van der Waals surface area (Å²) in [6.07, 6.45) is 5.68. The fraction of sp³-hybridized carbons (Fsp3) is 0.650. The number of rotatable bonds is 5. The van der Waals surface area contributed by atoms with Crippen LogP contribution in [0.4, 0.5) is 11.4 Å². The molecule has 3 fully saturated rings. The van der Waals surface area contributed by atoms with E-state index in [-0.39, 0.29) is 18.2 Å². The number of carbonyl (C=O) groups excluding carboxylic acids is 1. The average molecular weight is 359 g/mol. The molecule has 26 heavy (non-hydrogen) atoms. The summed E-state index contributed by atoms with van der Waals surface area (Å²) in [7, 11) is 0. The molecule has 1 unspecified atom stereocenters. The number of ether oxygens (including phenoxy) is 2. The molecule has 3 aliphatic rings. The number of hydrogen-bond acceptors (Lipinski definition) is 5. The Morgan fingerprint density at radius 3 is 2.42 bits per heavy atom. The zero-order valence-electron chi connectivity index (χ0n) is 15.4. The van der Waals surface area contributed by atoms with Crippen molar-refractivity contribution >= 4 is 17.3 Å². The van der Waals surface area contributed by atoms with Crippen LogP contribution in [0.15, 0.2) is 24.3 Å². The SMILES string of the molecule is O=C(CN1CCCCC1C1OCCO1)Nc1ccc(N2CCCC2)cc1. The van der Waals surface area contributed by atoms with Crippen LogP contribution in [0.25, 0.3) is 0 Å². The number of nitrogens with zero attached hydrogens (tertiary/aromatic N) is 2. The summed E-state index contributed by atoms with van der Waals surface area (Å²) >= 11 is 0. The van der Waals surface area contributed by atoms with Crippen molar-refractivity contribution in [2.45, 2.75) is 44.4 Å². The van der Waals surface area contributed by atoms with Crippen molar-refractivity contribution in [3.05, 3.63) is 24.3 Å². The van der Waals surface area contributed by atoms with Gasteiger partial charge in [-0.05, 0) is 56.5 Å². The van der Waals surface area contributed by atoms with Crippen LogP contribution >= 0.6 is 0 Å². The van der Waals surface area contributed by atoms with Crippen LogP contribution in [-0.2, 0) is 14.3 Å². The average Bonchev–Trinajstić information content (AvgIpc) is 3.37. The van der Waals surface area contributed by atoms with Crippen molar-refractivity contribution in [1.29, 1.82) is 0 Å². The van der Waals surface area contributed by atoms with Gasteiger partial charge in [-0.3, -0.25) is 9.69 Å². The third kappa shape index (κ3) is 4.19. The normalized spacial score (nSPS) is 24.9. The van der Waals surface area contributed by atoms with Gasteiger partial charge in [0.25, 0.3) is 0 Å². The molecule has 4 rings (SSSR count). The van der Waals surface area contributed by atoms with Crippen molar-refractivity contribution in [2.24, 2.45) is 0 Å². The van der Waals surface area contributed by atoms with E-state index < -0.39 is 0 Å². The predicted molar refractivity (Wildman–Crippen MR) is 101 cm³/mol. The van der Waals surface area contributed by atoms with Gasteiger partial charge in [0.2, 0.25) is 5.91 Å². The van der Waals surface area contributed by atoms with Gasteiger partial charge < -0.3 is 19.7 Å². The van der Waals surface area contributed by atoms with Gasteiger partial charge in [0, 0.05) is 24.5 Å². The summed E-state index contributed by atoms with van der Waals surface area (Å²) in [4.78, 5) is 17.1. The number of carbonyl (C=O) groups is 1. The van der Waals surface area contributed by atoms with E-state index in [1.165, 1.54) is 24.9 Å². The third-order valence-electron chi connectivity index (χ3n) is 5.59. The van der Waals surface area contributed by atoms with Crippen LogP contribution in [0.1, 0.15) is 32.1 Å². The van der Waals surface area contributed by atoms with Crippen LogP contribution in [0.3, 0.4) is 0 Å². The minimum atomic E-state index is -0.178. The zero-order valence-corrected chi connectivity index (χ0v) is 15.4. The predicted octanol–water partition coefficient (Wildman–Crippen LogP) is 2.45. The van der Waals surface area contributed by atoms with Crippen LogP contribution in [0, 0.1) is 0 Å². The maximum absolute atomic E-state index is 12.5.